The van der Waals surface area contributed by atoms with Gasteiger partial charge in [-0.1, -0.05) is 19.4 Å². The van der Waals surface area contributed by atoms with Crippen LogP contribution in [0.1, 0.15) is 0 Å². The van der Waals surface area contributed by atoms with Crippen molar-refractivity contribution in [2.24, 2.45) is 0 Å². The molecule has 114 valence electrons. The highest BCUT2D eigenvalue weighted by Gasteiger charge is 2.88. The second-order valence-electron chi connectivity index (χ2n) is 2.73. The summed E-state index contributed by atoms with van der Waals surface area (Å²) < 4.78 is 146. The predicted molar refractivity (Wildman–Crippen MR) is 32.0 cm³/mol. The van der Waals surface area contributed by atoms with Gasteiger partial charge in [-0.05, 0) is 4.31 Å². The molecule has 1 nitrogen and oxygen atoms in total. The molecule has 0 aromatic rings. The SMILES string of the molecule is FC(F)(F)N(C(F)(F)C(F)(F)F)S(F)(F)(F)(F)F. The fraction of sp³-hybridized carbons (Fsp3) is 1.00. The van der Waals surface area contributed by atoms with Crippen molar-refractivity contribution in [3.05, 3.63) is 0 Å². The molecule has 0 aliphatic rings. The van der Waals surface area contributed by atoms with Crippen LogP contribution in [0, 0.1) is 0 Å². The van der Waals surface area contributed by atoms with Gasteiger partial charge in [-0.15, -0.1) is 0 Å². The fourth-order valence-corrected chi connectivity index (χ4v) is 1.61. The highest BCUT2D eigenvalue weighted by atomic mass is 32.5. The molecular weight excluding hydrogens is 329 g/mol. The van der Waals surface area contributed by atoms with E-state index >= 15 is 0 Å². The summed E-state index contributed by atoms with van der Waals surface area (Å²) in [7, 11) is -12.3. The standard InChI is InChI=1S/C3F13NS/c4-1(5,6)2(7,8)17(3(9,10)11)18(12,13,14,15)16. The van der Waals surface area contributed by atoms with E-state index in [1.54, 1.807) is 0 Å². The third-order valence-electron chi connectivity index (χ3n) is 1.17. The van der Waals surface area contributed by atoms with Gasteiger partial charge in [0, 0.05) is 0 Å². The minimum atomic E-state index is -12.3. The largest absolute Gasteiger partial charge is 0.481 e. The molecular formula is C3F13NS. The average Bonchev–Trinajstić information content (AvgIpc) is 1.68. The molecule has 0 saturated heterocycles. The summed E-state index contributed by atoms with van der Waals surface area (Å²) in [4.78, 5) is 0. The highest BCUT2D eigenvalue weighted by molar-refractivity contribution is 8.44. The Morgan fingerprint density at radius 2 is 0.889 bits per heavy atom. The van der Waals surface area contributed by atoms with Crippen LogP contribution >= 0.6 is 10.4 Å². The number of nitrogens with zero attached hydrogens (tertiary/aromatic N) is 1. The number of rotatable bonds is 2. The lowest BCUT2D eigenvalue weighted by Gasteiger charge is -2.51. The molecule has 0 unspecified atom stereocenters. The maximum Gasteiger partial charge on any atom is 0.481 e. The Morgan fingerprint density at radius 3 is 0.944 bits per heavy atom. The van der Waals surface area contributed by atoms with Crippen LogP contribution in [0.25, 0.3) is 0 Å². The van der Waals surface area contributed by atoms with Gasteiger partial charge in [0.1, 0.15) is 0 Å². The van der Waals surface area contributed by atoms with E-state index in [9.17, 15) is 54.6 Å². The normalized spacial score (nSPS) is 19.7. The van der Waals surface area contributed by atoms with Crippen molar-refractivity contribution in [3.8, 4) is 0 Å². The second kappa shape index (κ2) is 3.10. The van der Waals surface area contributed by atoms with E-state index in [-0.39, 0.29) is 0 Å². The predicted octanol–water partition coefficient (Wildman–Crippen LogP) is 5.18. The maximum absolute atomic E-state index is 12.3. The first kappa shape index (κ1) is 17.4. The number of alkyl halides is 8. The average molecular weight is 329 g/mol. The summed E-state index contributed by atoms with van der Waals surface area (Å²) in [6, 6.07) is -7.87. The molecule has 0 aliphatic heterocycles. The second-order valence-corrected chi connectivity index (χ2v) is 4.95. The van der Waals surface area contributed by atoms with Crippen LogP contribution in [-0.2, 0) is 0 Å². The number of hydrogen-bond donors (Lipinski definition) is 0. The molecule has 0 heterocycles. The summed E-state index contributed by atoms with van der Waals surface area (Å²) in [6.07, 6.45) is -15.2. The lowest BCUT2D eigenvalue weighted by Crippen LogP contribution is -2.61. The van der Waals surface area contributed by atoms with E-state index in [1.807, 2.05) is 0 Å². The zero-order valence-corrected chi connectivity index (χ0v) is 8.09. The molecule has 0 atom stereocenters. The first-order valence-corrected chi connectivity index (χ1v) is 5.07. The van der Waals surface area contributed by atoms with E-state index in [0.717, 1.165) is 0 Å². The van der Waals surface area contributed by atoms with Crippen molar-refractivity contribution in [2.75, 3.05) is 0 Å². The molecule has 0 saturated carbocycles. The lowest BCUT2D eigenvalue weighted by molar-refractivity contribution is -0.389. The van der Waals surface area contributed by atoms with E-state index in [0.29, 0.717) is 0 Å². The molecule has 18 heavy (non-hydrogen) atoms. The Labute approximate surface area is 89.0 Å². The van der Waals surface area contributed by atoms with Crippen molar-refractivity contribution >= 4 is 10.4 Å². The smallest absolute Gasteiger partial charge is 0.176 e. The molecule has 0 fully saturated rings. The van der Waals surface area contributed by atoms with E-state index in [1.165, 1.54) is 0 Å². The summed E-state index contributed by atoms with van der Waals surface area (Å²) in [5, 5.41) is 0. The van der Waals surface area contributed by atoms with Crippen molar-refractivity contribution in [1.29, 1.82) is 0 Å². The van der Waals surface area contributed by atoms with Crippen LogP contribution < -0.4 is 0 Å². The van der Waals surface area contributed by atoms with Crippen molar-refractivity contribution in [1.82, 2.24) is 4.31 Å². The Balaban J connectivity index is 6.23. The zero-order valence-electron chi connectivity index (χ0n) is 7.27. The van der Waals surface area contributed by atoms with Crippen LogP contribution in [0.4, 0.5) is 54.6 Å². The first-order chi connectivity index (χ1) is 7.10. The van der Waals surface area contributed by atoms with Crippen molar-refractivity contribution in [2.45, 2.75) is 18.5 Å². The molecule has 0 aromatic carbocycles. The summed E-state index contributed by atoms with van der Waals surface area (Å²) in [5.41, 5.74) is 0. The van der Waals surface area contributed by atoms with E-state index < -0.39 is 33.2 Å². The van der Waals surface area contributed by atoms with Gasteiger partial charge in [0.2, 0.25) is 0 Å². The minimum absolute atomic E-state index is 4.99. The Morgan fingerprint density at radius 1 is 0.611 bits per heavy atom. The third-order valence-corrected chi connectivity index (χ3v) is 2.30. The van der Waals surface area contributed by atoms with Gasteiger partial charge >= 0.3 is 28.9 Å². The lowest BCUT2D eigenvalue weighted by atomic mass is 10.5. The van der Waals surface area contributed by atoms with Crippen LogP contribution in [-0.4, -0.2) is 22.8 Å². The molecule has 0 aromatic heterocycles. The molecule has 0 radical (unpaired) electrons. The minimum Gasteiger partial charge on any atom is -0.176 e. The molecule has 15 heteroatoms. The molecule has 0 amide bonds. The van der Waals surface area contributed by atoms with Gasteiger partial charge in [0.05, 0.1) is 0 Å². The fourth-order valence-electron chi connectivity index (χ4n) is 0.687. The molecule has 0 N–H and O–H groups in total. The summed E-state index contributed by atoms with van der Waals surface area (Å²) in [5.74, 6) is 0. The van der Waals surface area contributed by atoms with E-state index in [4.69, 9.17) is 0 Å². The quantitative estimate of drug-likeness (QED) is 0.499. The van der Waals surface area contributed by atoms with Gasteiger partial charge < -0.3 is 0 Å². The van der Waals surface area contributed by atoms with Gasteiger partial charge in [-0.25, -0.2) is 0 Å². The van der Waals surface area contributed by atoms with Crippen LogP contribution in [0.15, 0.2) is 0 Å². The maximum atomic E-state index is 12.0. The number of halogens is 13. The molecule has 0 bridgehead atoms. The Kier molecular flexibility index (Phi) is 3.00. The molecule has 0 aliphatic carbocycles. The monoisotopic (exact) mass is 329 g/mol. The third kappa shape index (κ3) is 3.46. The Bertz CT molecular complexity index is 327. The van der Waals surface area contributed by atoms with Gasteiger partial charge in [0.25, 0.3) is 0 Å². The molecule has 0 rings (SSSR count). The first-order valence-electron chi connectivity index (χ1n) is 3.16. The Hall–Kier alpha value is -0.600. The number of hydrogen-bond acceptors (Lipinski definition) is 1. The van der Waals surface area contributed by atoms with Gasteiger partial charge in [-0.2, -0.15) is 35.1 Å². The van der Waals surface area contributed by atoms with Gasteiger partial charge in [0.15, 0.2) is 0 Å². The van der Waals surface area contributed by atoms with Crippen LogP contribution in [0.3, 0.4) is 0 Å². The van der Waals surface area contributed by atoms with Crippen LogP contribution in [0.5, 0.6) is 0 Å². The van der Waals surface area contributed by atoms with Crippen molar-refractivity contribution < 1.29 is 54.6 Å². The topological polar surface area (TPSA) is 3.24 Å². The van der Waals surface area contributed by atoms with Gasteiger partial charge in [-0.3, -0.25) is 0 Å². The zero-order chi connectivity index (χ0) is 15.5. The van der Waals surface area contributed by atoms with Crippen molar-refractivity contribution in [3.63, 3.8) is 0 Å². The highest BCUT2D eigenvalue weighted by Crippen LogP contribution is 3.01. The molecule has 0 spiro atoms. The summed E-state index contributed by atoms with van der Waals surface area (Å²) in [6.45, 7) is 0. The van der Waals surface area contributed by atoms with Crippen LogP contribution in [0.2, 0.25) is 0 Å². The van der Waals surface area contributed by atoms with E-state index in [2.05, 4.69) is 0 Å². The summed E-state index contributed by atoms with van der Waals surface area (Å²) >= 11 is 0.